The van der Waals surface area contributed by atoms with Crippen LogP contribution in [-0.4, -0.2) is 59.2 Å². The standard InChI is InChI=1S/C17H20Cl2N4O5/c1-11-6-12(9-27-11)8-21-4-5-22(16(21)20-23(25)26)17(24)28-10-13-2-3-14(18)7-15(13)19/h2-3,7,11-12H,4-6,8-10H2,1H3. The van der Waals surface area contributed by atoms with Gasteiger partial charge in [-0.2, -0.15) is 0 Å². The van der Waals surface area contributed by atoms with Gasteiger partial charge in [0, 0.05) is 34.6 Å². The number of guanidine groups is 1. The van der Waals surface area contributed by atoms with E-state index >= 15 is 0 Å². The maximum atomic E-state index is 12.5. The van der Waals surface area contributed by atoms with Crippen LogP contribution in [0.4, 0.5) is 4.79 Å². The van der Waals surface area contributed by atoms with Gasteiger partial charge in [0.15, 0.2) is 5.03 Å². The largest absolute Gasteiger partial charge is 0.444 e. The number of hydrogen-bond donors (Lipinski definition) is 0. The minimum Gasteiger partial charge on any atom is -0.444 e. The Morgan fingerprint density at radius 1 is 1.43 bits per heavy atom. The van der Waals surface area contributed by atoms with E-state index in [0.717, 1.165) is 6.42 Å². The molecule has 152 valence electrons. The number of halogens is 2. The molecular weight excluding hydrogens is 411 g/mol. The summed E-state index contributed by atoms with van der Waals surface area (Å²) in [5.41, 5.74) is 0.584. The number of rotatable bonds is 5. The van der Waals surface area contributed by atoms with Gasteiger partial charge in [-0.15, -0.1) is 0 Å². The van der Waals surface area contributed by atoms with Crippen LogP contribution in [0.25, 0.3) is 0 Å². The van der Waals surface area contributed by atoms with E-state index in [9.17, 15) is 14.9 Å². The number of nitrogens with zero attached hydrogens (tertiary/aromatic N) is 4. The number of nitro groups is 1. The molecule has 0 radical (unpaired) electrons. The Hall–Kier alpha value is -2.10. The first-order valence-corrected chi connectivity index (χ1v) is 9.57. The van der Waals surface area contributed by atoms with Crippen LogP contribution >= 0.6 is 23.2 Å². The van der Waals surface area contributed by atoms with Crippen LogP contribution in [0.15, 0.2) is 23.3 Å². The van der Waals surface area contributed by atoms with E-state index < -0.39 is 11.1 Å². The third-order valence-electron chi connectivity index (χ3n) is 4.64. The molecule has 0 spiro atoms. The lowest BCUT2D eigenvalue weighted by Gasteiger charge is -2.21. The quantitative estimate of drug-likeness (QED) is 0.525. The Balaban J connectivity index is 1.65. The van der Waals surface area contributed by atoms with Gasteiger partial charge in [0.2, 0.25) is 0 Å². The molecule has 1 amide bonds. The summed E-state index contributed by atoms with van der Waals surface area (Å²) in [5.74, 6) is 0.215. The molecule has 2 saturated heterocycles. The van der Waals surface area contributed by atoms with E-state index in [0.29, 0.717) is 35.3 Å². The van der Waals surface area contributed by atoms with Gasteiger partial charge in [-0.3, -0.25) is 0 Å². The zero-order valence-electron chi connectivity index (χ0n) is 15.2. The molecular formula is C17H20Cl2N4O5. The van der Waals surface area contributed by atoms with Crippen LogP contribution in [0.2, 0.25) is 10.0 Å². The first kappa shape index (κ1) is 20.6. The second-order valence-corrected chi connectivity index (χ2v) is 7.62. The first-order valence-electron chi connectivity index (χ1n) is 8.81. The number of hydrogen-bond acceptors (Lipinski definition) is 5. The molecule has 0 N–H and O–H groups in total. The van der Waals surface area contributed by atoms with Crippen LogP contribution in [0.1, 0.15) is 18.9 Å². The van der Waals surface area contributed by atoms with Crippen molar-refractivity contribution >= 4 is 35.3 Å². The molecule has 9 nitrogen and oxygen atoms in total. The van der Waals surface area contributed by atoms with Crippen molar-refractivity contribution in [1.82, 2.24) is 9.80 Å². The van der Waals surface area contributed by atoms with Crippen molar-refractivity contribution < 1.29 is 19.3 Å². The number of carbonyl (C=O) groups excluding carboxylic acids is 1. The summed E-state index contributed by atoms with van der Waals surface area (Å²) >= 11 is 11.9. The predicted molar refractivity (Wildman–Crippen MR) is 103 cm³/mol. The summed E-state index contributed by atoms with van der Waals surface area (Å²) in [4.78, 5) is 26.4. The van der Waals surface area contributed by atoms with Crippen molar-refractivity contribution in [2.24, 2.45) is 11.0 Å². The topological polar surface area (TPSA) is 97.5 Å². The van der Waals surface area contributed by atoms with Gasteiger partial charge < -0.3 is 14.4 Å². The van der Waals surface area contributed by atoms with Crippen molar-refractivity contribution in [2.45, 2.75) is 26.1 Å². The minimum absolute atomic E-state index is 0.0169. The van der Waals surface area contributed by atoms with Gasteiger partial charge in [0.25, 0.3) is 5.96 Å². The highest BCUT2D eigenvalue weighted by Crippen LogP contribution is 2.24. The molecule has 11 heteroatoms. The smallest absolute Gasteiger partial charge is 0.417 e. The predicted octanol–water partition coefficient (Wildman–Crippen LogP) is 3.22. The molecule has 2 fully saturated rings. The second-order valence-electron chi connectivity index (χ2n) is 6.77. The lowest BCUT2D eigenvalue weighted by atomic mass is 10.1. The number of ether oxygens (including phenoxy) is 2. The average Bonchev–Trinajstić information content (AvgIpc) is 3.20. The molecule has 1 aromatic rings. The SMILES string of the molecule is CC1CC(CN2CCN(C(=O)OCc3ccc(Cl)cc3Cl)C2=N[N+](=O)[O-])CO1. The van der Waals surface area contributed by atoms with Gasteiger partial charge in [-0.25, -0.2) is 19.8 Å². The summed E-state index contributed by atoms with van der Waals surface area (Å²) in [6.45, 7) is 3.72. The molecule has 2 heterocycles. The van der Waals surface area contributed by atoms with Gasteiger partial charge in [-0.1, -0.05) is 29.3 Å². The van der Waals surface area contributed by atoms with E-state index in [1.54, 1.807) is 23.1 Å². The molecule has 1 aromatic carbocycles. The van der Waals surface area contributed by atoms with Crippen LogP contribution < -0.4 is 0 Å². The van der Waals surface area contributed by atoms with Gasteiger partial charge in [0.1, 0.15) is 11.7 Å². The Morgan fingerprint density at radius 3 is 2.86 bits per heavy atom. The average molecular weight is 431 g/mol. The second kappa shape index (κ2) is 8.93. The Bertz CT molecular complexity index is 791. The molecule has 2 atom stereocenters. The van der Waals surface area contributed by atoms with Crippen molar-refractivity contribution in [3.8, 4) is 0 Å². The molecule has 2 aliphatic rings. The number of hydrazone groups is 1. The normalized spacial score (nSPS) is 23.5. The van der Waals surface area contributed by atoms with E-state index in [2.05, 4.69) is 5.10 Å². The lowest BCUT2D eigenvalue weighted by molar-refractivity contribution is -0.486. The molecule has 3 rings (SSSR count). The Labute approximate surface area is 171 Å². The first-order chi connectivity index (χ1) is 13.3. The fourth-order valence-corrected chi connectivity index (χ4v) is 3.79. The van der Waals surface area contributed by atoms with E-state index in [1.807, 2.05) is 6.92 Å². The highest BCUT2D eigenvalue weighted by Gasteiger charge is 2.37. The van der Waals surface area contributed by atoms with Crippen molar-refractivity contribution in [3.63, 3.8) is 0 Å². The van der Waals surface area contributed by atoms with Crippen molar-refractivity contribution in [1.29, 1.82) is 0 Å². The molecule has 0 aromatic heterocycles. The van der Waals surface area contributed by atoms with Crippen LogP contribution in [0.5, 0.6) is 0 Å². The monoisotopic (exact) mass is 430 g/mol. The summed E-state index contributed by atoms with van der Waals surface area (Å²) < 4.78 is 10.8. The maximum Gasteiger partial charge on any atom is 0.417 e. The van der Waals surface area contributed by atoms with Crippen molar-refractivity contribution in [2.75, 3.05) is 26.2 Å². The van der Waals surface area contributed by atoms with E-state index in [-0.39, 0.29) is 31.1 Å². The molecule has 2 aliphatic heterocycles. The van der Waals surface area contributed by atoms with Gasteiger partial charge in [-0.05, 0) is 25.5 Å². The minimum atomic E-state index is -0.808. The fourth-order valence-electron chi connectivity index (χ4n) is 3.33. The number of benzene rings is 1. The Morgan fingerprint density at radius 2 is 2.21 bits per heavy atom. The maximum absolute atomic E-state index is 12.5. The summed E-state index contributed by atoms with van der Waals surface area (Å²) in [7, 11) is 0. The van der Waals surface area contributed by atoms with E-state index in [1.165, 1.54) is 4.90 Å². The van der Waals surface area contributed by atoms with Crippen LogP contribution in [-0.2, 0) is 16.1 Å². The van der Waals surface area contributed by atoms with Gasteiger partial charge >= 0.3 is 6.09 Å². The Kier molecular flexibility index (Phi) is 6.58. The molecule has 2 unspecified atom stereocenters. The number of amides is 1. The van der Waals surface area contributed by atoms with Crippen LogP contribution in [0, 0.1) is 16.0 Å². The molecule has 0 bridgehead atoms. The summed E-state index contributed by atoms with van der Waals surface area (Å²) in [6.07, 6.45) is 0.306. The summed E-state index contributed by atoms with van der Waals surface area (Å²) in [5, 5.41) is 14.4. The third kappa shape index (κ3) is 5.03. The molecule has 28 heavy (non-hydrogen) atoms. The zero-order valence-corrected chi connectivity index (χ0v) is 16.7. The lowest BCUT2D eigenvalue weighted by Crippen LogP contribution is -2.40. The highest BCUT2D eigenvalue weighted by atomic mass is 35.5. The molecule has 0 saturated carbocycles. The fraction of sp³-hybridized carbons (Fsp3) is 0.529. The highest BCUT2D eigenvalue weighted by molar-refractivity contribution is 6.35. The summed E-state index contributed by atoms with van der Waals surface area (Å²) in [6, 6.07) is 4.84. The molecule has 0 aliphatic carbocycles. The van der Waals surface area contributed by atoms with E-state index in [4.69, 9.17) is 32.7 Å². The number of carbonyl (C=O) groups is 1. The van der Waals surface area contributed by atoms with Crippen LogP contribution in [0.3, 0.4) is 0 Å². The zero-order chi connectivity index (χ0) is 20.3. The van der Waals surface area contributed by atoms with Gasteiger partial charge in [0.05, 0.1) is 19.3 Å². The third-order valence-corrected chi connectivity index (χ3v) is 5.22. The van der Waals surface area contributed by atoms with Crippen molar-refractivity contribution in [3.05, 3.63) is 43.9 Å².